The van der Waals surface area contributed by atoms with Gasteiger partial charge in [0, 0.05) is 22.6 Å². The van der Waals surface area contributed by atoms with E-state index in [0.29, 0.717) is 55.6 Å². The molecule has 0 radical (unpaired) electrons. The van der Waals surface area contributed by atoms with Crippen LogP contribution in [0.2, 0.25) is 0 Å². The molecule has 6 N–H and O–H groups in total. The molecule has 3 unspecified atom stereocenters. The number of phenols is 1. The van der Waals surface area contributed by atoms with Crippen LogP contribution in [0, 0.1) is 12.8 Å². The molecule has 0 fully saturated rings. The second kappa shape index (κ2) is 19.6. The summed E-state index contributed by atoms with van der Waals surface area (Å²) in [6.45, 7) is 3.47. The number of aromatic hydroxyl groups is 1. The maximum Gasteiger partial charge on any atom is 0.358 e. The van der Waals surface area contributed by atoms with Gasteiger partial charge in [-0.1, -0.05) is 55.5 Å². The molecule has 0 spiro atoms. The standard InChI is InChI=1S/C46H39N7O9S3/c1-24(19-36(61-28-9-5-3-6-10-28)62-29-11-7-4-8-12-29)37(52-40(55)31(47)20-26-13-15-27(54)16-14-26)44-50-34(22-65-44)43-49-33(21-63-43)39-30(41-53-38(46(58)59)25(2)60-41)17-18-32(48-39)42-51-35(23-64-42)45(56)57/h3-18,21-24,31,36-37,54H,19-20,47H2,1-2H3,(H,52,55)(H,56,57)(H,58,59). The van der Waals surface area contributed by atoms with Crippen LogP contribution < -0.4 is 20.5 Å². The summed E-state index contributed by atoms with van der Waals surface area (Å²) in [5.74, 6) is -1.75. The van der Waals surface area contributed by atoms with Crippen LogP contribution in [0.15, 0.2) is 118 Å². The predicted molar refractivity (Wildman–Crippen MR) is 244 cm³/mol. The number of thiazole rings is 3. The van der Waals surface area contributed by atoms with E-state index in [-0.39, 0.29) is 46.8 Å². The monoisotopic (exact) mass is 929 g/mol. The molecule has 16 nitrogen and oxygen atoms in total. The van der Waals surface area contributed by atoms with Crippen LogP contribution in [0.1, 0.15) is 56.7 Å². The van der Waals surface area contributed by atoms with Crippen molar-refractivity contribution >= 4 is 51.9 Å². The van der Waals surface area contributed by atoms with Crippen LogP contribution in [0.3, 0.4) is 0 Å². The average molecular weight is 930 g/mol. The first-order valence-corrected chi connectivity index (χ1v) is 22.6. The second-order valence-electron chi connectivity index (χ2n) is 14.7. The number of phenolic OH excluding ortho intramolecular Hbond substituents is 1. The molecule has 5 heterocycles. The number of nitrogens with zero attached hydrogens (tertiary/aromatic N) is 5. The molecule has 0 aliphatic carbocycles. The summed E-state index contributed by atoms with van der Waals surface area (Å²) in [6, 6.07) is 26.8. The Morgan fingerprint density at radius 2 is 1.38 bits per heavy atom. The minimum absolute atomic E-state index is 0.00629. The van der Waals surface area contributed by atoms with Gasteiger partial charge < -0.3 is 40.3 Å². The Hall–Kier alpha value is -7.32. The highest BCUT2D eigenvalue weighted by molar-refractivity contribution is 7.14. The normalized spacial score (nSPS) is 12.7. The Kier molecular flexibility index (Phi) is 13.4. The van der Waals surface area contributed by atoms with Crippen molar-refractivity contribution in [1.29, 1.82) is 0 Å². The van der Waals surface area contributed by atoms with Crippen LogP contribution in [-0.2, 0) is 11.2 Å². The minimum atomic E-state index is -1.26. The summed E-state index contributed by atoms with van der Waals surface area (Å²) in [7, 11) is 0. The molecule has 3 aromatic carbocycles. The Labute approximate surface area is 383 Å². The Morgan fingerprint density at radius 3 is 2.02 bits per heavy atom. The fourth-order valence-electron chi connectivity index (χ4n) is 6.72. The first-order valence-electron chi connectivity index (χ1n) is 20.0. The van der Waals surface area contributed by atoms with Crippen LogP contribution in [0.5, 0.6) is 17.2 Å². The fraction of sp³-hybridized carbons (Fsp3) is 0.174. The highest BCUT2D eigenvalue weighted by Crippen LogP contribution is 2.38. The molecule has 8 aromatic rings. The summed E-state index contributed by atoms with van der Waals surface area (Å²) in [4.78, 5) is 60.6. The van der Waals surface area contributed by atoms with Gasteiger partial charge in [-0.15, -0.1) is 34.0 Å². The van der Waals surface area contributed by atoms with Gasteiger partial charge in [-0.3, -0.25) is 4.79 Å². The molecule has 330 valence electrons. The molecule has 0 saturated carbocycles. The number of hydrogen-bond acceptors (Lipinski definition) is 16. The number of ether oxygens (including phenoxy) is 2. The molecular weight excluding hydrogens is 891 g/mol. The van der Waals surface area contributed by atoms with E-state index in [1.54, 1.807) is 41.8 Å². The number of rotatable bonds is 18. The van der Waals surface area contributed by atoms with Crippen LogP contribution in [0.25, 0.3) is 44.2 Å². The first-order chi connectivity index (χ1) is 31.4. The highest BCUT2D eigenvalue weighted by atomic mass is 32.1. The highest BCUT2D eigenvalue weighted by Gasteiger charge is 2.31. The number of oxazole rings is 1. The smallest absolute Gasteiger partial charge is 0.358 e. The number of para-hydroxylation sites is 2. The zero-order valence-electron chi connectivity index (χ0n) is 34.5. The van der Waals surface area contributed by atoms with Gasteiger partial charge in [-0.2, -0.15) is 0 Å². The maximum atomic E-state index is 13.9. The third-order valence-electron chi connectivity index (χ3n) is 10.0. The van der Waals surface area contributed by atoms with E-state index in [2.05, 4.69) is 15.3 Å². The van der Waals surface area contributed by atoms with Gasteiger partial charge in [0.25, 0.3) is 0 Å². The summed E-state index contributed by atoms with van der Waals surface area (Å²) < 4.78 is 18.5. The van der Waals surface area contributed by atoms with Gasteiger partial charge in [-0.25, -0.2) is 34.5 Å². The number of aryl methyl sites for hydroxylation is 1. The van der Waals surface area contributed by atoms with Gasteiger partial charge in [0.1, 0.15) is 55.1 Å². The molecule has 65 heavy (non-hydrogen) atoms. The van der Waals surface area contributed by atoms with Crippen molar-refractivity contribution in [1.82, 2.24) is 30.2 Å². The van der Waals surface area contributed by atoms with E-state index >= 15 is 0 Å². The number of aromatic carboxylic acids is 2. The molecule has 3 atom stereocenters. The van der Waals surface area contributed by atoms with Crippen molar-refractivity contribution in [2.45, 2.75) is 45.1 Å². The predicted octanol–water partition coefficient (Wildman–Crippen LogP) is 8.76. The molecule has 19 heteroatoms. The van der Waals surface area contributed by atoms with E-state index in [9.17, 15) is 29.7 Å². The number of nitrogens with two attached hydrogens (primary N) is 1. The quantitative estimate of drug-likeness (QED) is 0.0505. The number of carboxylic acid groups (broad SMARTS) is 2. The zero-order chi connectivity index (χ0) is 45.6. The lowest BCUT2D eigenvalue weighted by molar-refractivity contribution is -0.123. The van der Waals surface area contributed by atoms with E-state index in [1.165, 1.54) is 35.0 Å². The van der Waals surface area contributed by atoms with E-state index in [1.807, 2.05) is 73.0 Å². The number of amides is 1. The van der Waals surface area contributed by atoms with E-state index in [0.717, 1.165) is 16.9 Å². The van der Waals surface area contributed by atoms with Crippen LogP contribution >= 0.6 is 34.0 Å². The third kappa shape index (κ3) is 10.6. The Balaban J connectivity index is 1.12. The van der Waals surface area contributed by atoms with Gasteiger partial charge in [0.05, 0.1) is 23.3 Å². The lowest BCUT2D eigenvalue weighted by Gasteiger charge is -2.29. The number of carbonyl (C=O) groups excluding carboxylic acids is 1. The first kappa shape index (κ1) is 44.3. The fourth-order valence-corrected chi connectivity index (χ4v) is 9.31. The second-order valence-corrected chi connectivity index (χ2v) is 17.3. The molecule has 5 aromatic heterocycles. The largest absolute Gasteiger partial charge is 0.508 e. The number of hydrogen-bond donors (Lipinski definition) is 5. The number of benzene rings is 3. The van der Waals surface area contributed by atoms with Crippen molar-refractivity contribution in [2.24, 2.45) is 11.7 Å². The molecule has 0 saturated heterocycles. The average Bonchev–Trinajstić information content (AvgIpc) is 4.14. The van der Waals surface area contributed by atoms with E-state index < -0.39 is 36.2 Å². The number of pyridine rings is 1. The summed E-state index contributed by atoms with van der Waals surface area (Å²) in [6.07, 6.45) is -0.224. The molecule has 1 amide bonds. The van der Waals surface area contributed by atoms with Crippen molar-refractivity contribution in [3.05, 3.63) is 141 Å². The summed E-state index contributed by atoms with van der Waals surface area (Å²) >= 11 is 3.72. The van der Waals surface area contributed by atoms with Crippen molar-refractivity contribution < 1.29 is 43.6 Å². The summed E-state index contributed by atoms with van der Waals surface area (Å²) in [5, 5.41) is 38.6. The SMILES string of the molecule is Cc1oc(-c2ccc(-c3nc(C(=O)O)cs3)nc2-c2csc(-c3csc(C(NC(=O)C(N)Cc4ccc(O)cc4)C(C)CC(Oc4ccccc4)Oc4ccccc4)n3)n2)nc1C(=O)O. The van der Waals surface area contributed by atoms with E-state index in [4.69, 9.17) is 34.6 Å². The van der Waals surface area contributed by atoms with Crippen molar-refractivity contribution in [3.63, 3.8) is 0 Å². The molecule has 0 aliphatic rings. The number of carboxylic acids is 2. The molecule has 0 bridgehead atoms. The number of carbonyl (C=O) groups is 3. The zero-order valence-corrected chi connectivity index (χ0v) is 37.0. The molecule has 8 rings (SSSR count). The van der Waals surface area contributed by atoms with Gasteiger partial charge in [-0.05, 0) is 73.4 Å². The number of nitrogens with one attached hydrogen (secondary N) is 1. The third-order valence-corrected chi connectivity index (χ3v) is 12.7. The van der Waals surface area contributed by atoms with Crippen LogP contribution in [-0.4, -0.2) is 70.4 Å². The number of aromatic nitrogens is 5. The summed E-state index contributed by atoms with van der Waals surface area (Å²) in [5.41, 5.74) is 8.78. The lowest BCUT2D eigenvalue weighted by atomic mass is 9.97. The van der Waals surface area contributed by atoms with Gasteiger partial charge >= 0.3 is 11.9 Å². The minimum Gasteiger partial charge on any atom is -0.508 e. The van der Waals surface area contributed by atoms with Gasteiger partial charge in [0.2, 0.25) is 18.1 Å². The van der Waals surface area contributed by atoms with Crippen molar-refractivity contribution in [2.75, 3.05) is 0 Å². The topological polar surface area (TPSA) is 246 Å². The van der Waals surface area contributed by atoms with Gasteiger partial charge in [0.15, 0.2) is 11.4 Å². The lowest BCUT2D eigenvalue weighted by Crippen LogP contribution is -2.45. The Morgan fingerprint density at radius 1 is 0.738 bits per heavy atom. The van der Waals surface area contributed by atoms with Crippen LogP contribution in [0.4, 0.5) is 0 Å². The molecule has 0 aliphatic heterocycles. The molecular formula is C46H39N7O9S3. The maximum absolute atomic E-state index is 13.9. The van der Waals surface area contributed by atoms with Crippen molar-refractivity contribution in [3.8, 4) is 61.5 Å². The Bertz CT molecular complexity index is 2890.